The molecule has 6 aliphatic rings. The number of esters is 2. The Morgan fingerprint density at radius 3 is 2.27 bits per heavy atom. The van der Waals surface area contributed by atoms with Crippen LogP contribution in [0.1, 0.15) is 132 Å². The Kier molecular flexibility index (Phi) is 8.26. The zero-order valence-electron chi connectivity index (χ0n) is 29.7. The van der Waals surface area contributed by atoms with Crippen molar-refractivity contribution in [2.24, 2.45) is 50.2 Å². The second-order valence-corrected chi connectivity index (χ2v) is 18.2. The van der Waals surface area contributed by atoms with E-state index in [-0.39, 0.29) is 57.0 Å². The van der Waals surface area contributed by atoms with Gasteiger partial charge in [-0.3, -0.25) is 19.3 Å². The van der Waals surface area contributed by atoms with E-state index in [0.717, 1.165) is 77.4 Å². The number of ketones is 1. The Hall–Kier alpha value is -1.69. The van der Waals surface area contributed by atoms with Crippen LogP contribution < -0.4 is 0 Å². The van der Waals surface area contributed by atoms with Gasteiger partial charge in [-0.2, -0.15) is 0 Å². The van der Waals surface area contributed by atoms with Gasteiger partial charge in [0, 0.05) is 24.8 Å². The van der Waals surface area contributed by atoms with E-state index in [2.05, 4.69) is 59.4 Å². The van der Waals surface area contributed by atoms with Gasteiger partial charge in [0.2, 0.25) is 0 Å². The fraction of sp³-hybridized carbons (Fsp3) is 0.872. The number of ether oxygens (including phenoxy) is 2. The minimum Gasteiger partial charge on any atom is -0.464 e. The summed E-state index contributed by atoms with van der Waals surface area (Å²) in [6, 6.07) is 0. The molecule has 0 aromatic heterocycles. The van der Waals surface area contributed by atoms with Gasteiger partial charge in [0.15, 0.2) is 5.78 Å². The molecular formula is C39H61NO5. The topological polar surface area (TPSA) is 72.9 Å². The first-order chi connectivity index (χ1) is 21.0. The molecule has 6 heteroatoms. The van der Waals surface area contributed by atoms with Crippen LogP contribution in [0.4, 0.5) is 0 Å². The summed E-state index contributed by atoms with van der Waals surface area (Å²) in [5, 5.41) is 0. The lowest BCUT2D eigenvalue weighted by Gasteiger charge is -2.70. The summed E-state index contributed by atoms with van der Waals surface area (Å²) in [4.78, 5) is 42.8. The van der Waals surface area contributed by atoms with E-state index in [4.69, 9.17) is 9.47 Å². The monoisotopic (exact) mass is 623 g/mol. The third-order valence-corrected chi connectivity index (χ3v) is 15.4. The van der Waals surface area contributed by atoms with Crippen LogP contribution in [0.15, 0.2) is 11.6 Å². The van der Waals surface area contributed by atoms with Gasteiger partial charge in [-0.1, -0.05) is 53.5 Å². The number of piperidine rings is 1. The summed E-state index contributed by atoms with van der Waals surface area (Å²) >= 11 is 0. The van der Waals surface area contributed by atoms with Crippen LogP contribution >= 0.6 is 0 Å². The molecule has 1 aliphatic heterocycles. The van der Waals surface area contributed by atoms with Gasteiger partial charge in [0.25, 0.3) is 0 Å². The number of likely N-dealkylation sites (tertiary alicyclic amines) is 1. The maximum atomic E-state index is 14.7. The number of hydrogen-bond acceptors (Lipinski definition) is 6. The summed E-state index contributed by atoms with van der Waals surface area (Å²) in [6.45, 7) is 21.4. The molecule has 9 atom stereocenters. The predicted molar refractivity (Wildman–Crippen MR) is 176 cm³/mol. The highest BCUT2D eigenvalue weighted by atomic mass is 16.5. The molecule has 1 heterocycles. The van der Waals surface area contributed by atoms with E-state index in [1.807, 2.05) is 0 Å². The third-order valence-electron chi connectivity index (χ3n) is 15.4. The number of nitrogens with zero attached hydrogens (tertiary/aromatic N) is 1. The average molecular weight is 624 g/mol. The van der Waals surface area contributed by atoms with Crippen molar-refractivity contribution in [3.05, 3.63) is 11.6 Å². The SMILES string of the molecule is CC(=O)O[C@H]1CC[C@@]2(C)[C@H](CC[C@]3(C)[C@@H]2C(=O)C=C2[C@H]4C[C@@](C)(C(=O)OCCN5CCCCC5)CC[C@]4(C)CC[C@@]23C)C1(C)C. The maximum Gasteiger partial charge on any atom is 0.311 e. The van der Waals surface area contributed by atoms with Crippen molar-refractivity contribution in [3.63, 3.8) is 0 Å². The lowest BCUT2D eigenvalue weighted by molar-refractivity contribution is -0.210. The van der Waals surface area contributed by atoms with Crippen LogP contribution in [0.2, 0.25) is 0 Å². The second kappa shape index (κ2) is 11.2. The van der Waals surface area contributed by atoms with Crippen molar-refractivity contribution in [3.8, 4) is 0 Å². The number of carbonyl (C=O) groups is 3. The molecule has 5 fully saturated rings. The minimum absolute atomic E-state index is 0.0412. The molecule has 5 aliphatic carbocycles. The molecule has 252 valence electrons. The summed E-state index contributed by atoms with van der Waals surface area (Å²) in [7, 11) is 0. The van der Waals surface area contributed by atoms with Crippen molar-refractivity contribution in [2.75, 3.05) is 26.2 Å². The zero-order chi connectivity index (χ0) is 32.6. The molecule has 4 saturated carbocycles. The van der Waals surface area contributed by atoms with E-state index < -0.39 is 5.41 Å². The van der Waals surface area contributed by atoms with Gasteiger partial charge < -0.3 is 9.47 Å². The fourth-order valence-electron chi connectivity index (χ4n) is 12.4. The normalized spacial score (nSPS) is 46.0. The van der Waals surface area contributed by atoms with Gasteiger partial charge in [-0.15, -0.1) is 0 Å². The van der Waals surface area contributed by atoms with Gasteiger partial charge >= 0.3 is 11.9 Å². The minimum atomic E-state index is -0.519. The zero-order valence-corrected chi connectivity index (χ0v) is 29.7. The van der Waals surface area contributed by atoms with Crippen molar-refractivity contribution >= 4 is 17.7 Å². The van der Waals surface area contributed by atoms with E-state index in [1.54, 1.807) is 0 Å². The van der Waals surface area contributed by atoms with Crippen LogP contribution in [0, 0.1) is 50.2 Å². The van der Waals surface area contributed by atoms with Crippen LogP contribution in [0.3, 0.4) is 0 Å². The third kappa shape index (κ3) is 5.08. The molecular weight excluding hydrogens is 562 g/mol. The molecule has 1 saturated heterocycles. The molecule has 0 amide bonds. The molecule has 0 aromatic carbocycles. The first-order valence-corrected chi connectivity index (χ1v) is 18.3. The first kappa shape index (κ1) is 33.2. The Balaban J connectivity index is 1.27. The highest BCUT2D eigenvalue weighted by Gasteiger charge is 2.70. The highest BCUT2D eigenvalue weighted by molar-refractivity contribution is 5.95. The van der Waals surface area contributed by atoms with Crippen molar-refractivity contribution in [2.45, 2.75) is 139 Å². The number of rotatable bonds is 5. The van der Waals surface area contributed by atoms with Crippen molar-refractivity contribution in [1.29, 1.82) is 0 Å². The first-order valence-electron chi connectivity index (χ1n) is 18.3. The van der Waals surface area contributed by atoms with Gasteiger partial charge in [-0.25, -0.2) is 0 Å². The van der Waals surface area contributed by atoms with Crippen molar-refractivity contribution < 1.29 is 23.9 Å². The predicted octanol–water partition coefficient (Wildman–Crippen LogP) is 7.93. The largest absolute Gasteiger partial charge is 0.464 e. The number of hydrogen-bond donors (Lipinski definition) is 0. The Bertz CT molecular complexity index is 1250. The highest BCUT2D eigenvalue weighted by Crippen LogP contribution is 2.75. The Morgan fingerprint density at radius 2 is 1.58 bits per heavy atom. The van der Waals surface area contributed by atoms with Crippen molar-refractivity contribution in [1.82, 2.24) is 4.90 Å². The maximum absolute atomic E-state index is 14.7. The van der Waals surface area contributed by atoms with Crippen LogP contribution in [-0.4, -0.2) is 55.0 Å². The summed E-state index contributed by atoms with van der Waals surface area (Å²) in [5.41, 5.74) is 0.361. The molecule has 0 N–H and O–H groups in total. The molecule has 45 heavy (non-hydrogen) atoms. The van der Waals surface area contributed by atoms with Crippen LogP contribution in [-0.2, 0) is 23.9 Å². The smallest absolute Gasteiger partial charge is 0.311 e. The number of allylic oxidation sites excluding steroid dienone is 2. The van der Waals surface area contributed by atoms with E-state index in [0.29, 0.717) is 18.3 Å². The molecule has 0 unspecified atom stereocenters. The molecule has 0 spiro atoms. The molecule has 6 rings (SSSR count). The summed E-state index contributed by atoms with van der Waals surface area (Å²) in [6.07, 6.45) is 14.4. The Labute approximate surface area is 272 Å². The molecule has 6 nitrogen and oxygen atoms in total. The number of carbonyl (C=O) groups excluding carboxylic acids is 3. The standard InChI is InChI=1S/C39H61NO5/c1-26(41)45-31-13-14-37(6)30(34(31,2)3)12-15-39(8)32(37)29(42)24-27-28-25-36(5,17-16-35(28,4)18-19-38(27,39)7)33(43)44-23-22-40-20-10-9-11-21-40/h24,28,30-32H,9-23,25H2,1-8H3/t28-,30-,31+,32-,35-,36+,37+,38+,39-/m1/s1. The van der Waals surface area contributed by atoms with Gasteiger partial charge in [-0.05, 0) is 130 Å². The summed E-state index contributed by atoms with van der Waals surface area (Å²) < 4.78 is 11.9. The van der Waals surface area contributed by atoms with Crippen LogP contribution in [0.5, 0.6) is 0 Å². The second-order valence-electron chi connectivity index (χ2n) is 18.2. The lowest BCUT2D eigenvalue weighted by atomic mass is 9.33. The van der Waals surface area contributed by atoms with Crippen LogP contribution in [0.25, 0.3) is 0 Å². The number of fused-ring (bicyclic) bond motifs is 7. The fourth-order valence-corrected chi connectivity index (χ4v) is 12.4. The molecule has 0 aromatic rings. The summed E-state index contributed by atoms with van der Waals surface area (Å²) in [5.74, 6) is 0.541. The Morgan fingerprint density at radius 1 is 0.889 bits per heavy atom. The van der Waals surface area contributed by atoms with E-state index in [9.17, 15) is 14.4 Å². The molecule has 0 radical (unpaired) electrons. The van der Waals surface area contributed by atoms with E-state index in [1.165, 1.54) is 31.8 Å². The lowest BCUT2D eigenvalue weighted by Crippen LogP contribution is -2.66. The quantitative estimate of drug-likeness (QED) is 0.290. The van der Waals surface area contributed by atoms with Gasteiger partial charge in [0.05, 0.1) is 5.41 Å². The average Bonchev–Trinajstić information content (AvgIpc) is 2.97. The molecule has 0 bridgehead atoms. The van der Waals surface area contributed by atoms with Gasteiger partial charge in [0.1, 0.15) is 12.7 Å². The van der Waals surface area contributed by atoms with E-state index >= 15 is 0 Å².